The molecule has 138 valence electrons. The maximum absolute atomic E-state index is 2.54. The molecule has 0 nitrogen and oxygen atoms in total. The normalized spacial score (nSPS) is 11.8. The van der Waals surface area contributed by atoms with Gasteiger partial charge in [0, 0.05) is 20.6 Å². The van der Waals surface area contributed by atoms with Gasteiger partial charge in [0.05, 0.1) is 12.3 Å². The van der Waals surface area contributed by atoms with E-state index in [9.17, 15) is 0 Å². The van der Waals surface area contributed by atoms with Crippen LogP contribution in [0.2, 0.25) is 0 Å². The molecule has 0 bridgehead atoms. The van der Waals surface area contributed by atoms with Crippen LogP contribution >= 0.6 is 7.26 Å². The highest BCUT2D eigenvalue weighted by Gasteiger charge is 2.24. The third kappa shape index (κ3) is 12.1. The first-order chi connectivity index (χ1) is 11.6. The monoisotopic (exact) mass is 349 g/mol. The van der Waals surface area contributed by atoms with Crippen LogP contribution in [0.1, 0.15) is 89.5 Å². The summed E-state index contributed by atoms with van der Waals surface area (Å²) < 4.78 is 0. The summed E-state index contributed by atoms with van der Waals surface area (Å²) >= 11 is 0. The van der Waals surface area contributed by atoms with Crippen molar-refractivity contribution in [2.75, 3.05) is 19.5 Å². The van der Waals surface area contributed by atoms with Crippen molar-refractivity contribution >= 4 is 7.26 Å². The molecule has 0 N–H and O–H groups in total. The Balaban J connectivity index is 1.92. The molecular formula is C23H42P+. The molecule has 0 radical (unpaired) electrons. The average Bonchev–Trinajstić information content (AvgIpc) is 2.56. The average molecular weight is 350 g/mol. The third-order valence-electron chi connectivity index (χ3n) is 5.07. The molecule has 0 saturated carbocycles. The van der Waals surface area contributed by atoms with Gasteiger partial charge in [-0.15, -0.1) is 0 Å². The van der Waals surface area contributed by atoms with Crippen molar-refractivity contribution < 1.29 is 0 Å². The van der Waals surface area contributed by atoms with Gasteiger partial charge in [0.1, 0.15) is 0 Å². The standard InChI is InChI=1S/C23H42P/c1-4-5-6-7-8-9-10-11-12-13-14-18-21-24(2,3)22-23-19-16-15-17-20-23/h15-17,19-20H,4-14,18,21-22H2,1-3H3/q+1. The fourth-order valence-corrected chi connectivity index (χ4v) is 5.97. The second kappa shape index (κ2) is 13.9. The summed E-state index contributed by atoms with van der Waals surface area (Å²) in [4.78, 5) is 0. The van der Waals surface area contributed by atoms with Gasteiger partial charge in [0.25, 0.3) is 0 Å². The molecule has 0 fully saturated rings. The van der Waals surface area contributed by atoms with E-state index in [-0.39, 0.29) is 0 Å². The van der Waals surface area contributed by atoms with Crippen molar-refractivity contribution in [3.8, 4) is 0 Å². The van der Waals surface area contributed by atoms with Gasteiger partial charge in [-0.25, -0.2) is 0 Å². The van der Waals surface area contributed by atoms with Crippen LogP contribution in [0.15, 0.2) is 30.3 Å². The lowest BCUT2D eigenvalue weighted by Crippen LogP contribution is -1.99. The summed E-state index contributed by atoms with van der Waals surface area (Å²) in [6.45, 7) is 7.38. The van der Waals surface area contributed by atoms with Gasteiger partial charge in [-0.3, -0.25) is 0 Å². The van der Waals surface area contributed by atoms with Gasteiger partial charge in [0.15, 0.2) is 0 Å². The highest BCUT2D eigenvalue weighted by molar-refractivity contribution is 7.73. The number of hydrogen-bond donors (Lipinski definition) is 0. The minimum absolute atomic E-state index is 0.744. The molecule has 1 heteroatoms. The van der Waals surface area contributed by atoms with Gasteiger partial charge in [-0.1, -0.05) is 101 Å². The number of hydrogen-bond acceptors (Lipinski definition) is 0. The van der Waals surface area contributed by atoms with Crippen LogP contribution in [-0.2, 0) is 6.16 Å². The smallest absolute Gasteiger partial charge is 0.0654 e. The van der Waals surface area contributed by atoms with E-state index < -0.39 is 7.26 Å². The molecule has 0 unspecified atom stereocenters. The summed E-state index contributed by atoms with van der Waals surface area (Å²) in [6, 6.07) is 11.1. The molecule has 24 heavy (non-hydrogen) atoms. The number of rotatable bonds is 15. The van der Waals surface area contributed by atoms with Gasteiger partial charge >= 0.3 is 0 Å². The van der Waals surface area contributed by atoms with Crippen molar-refractivity contribution in [3.63, 3.8) is 0 Å². The topological polar surface area (TPSA) is 0 Å². The summed E-state index contributed by atoms with van der Waals surface area (Å²) in [5, 5.41) is 0. The third-order valence-corrected chi connectivity index (χ3v) is 7.82. The lowest BCUT2D eigenvalue weighted by atomic mass is 10.1. The summed E-state index contributed by atoms with van der Waals surface area (Å²) in [5.74, 6) is 0. The molecule has 0 atom stereocenters. The van der Waals surface area contributed by atoms with E-state index in [0.717, 1.165) is 0 Å². The molecule has 0 aliphatic carbocycles. The van der Waals surface area contributed by atoms with Crippen molar-refractivity contribution in [2.45, 2.75) is 90.1 Å². The maximum atomic E-state index is 2.54. The van der Waals surface area contributed by atoms with Crippen LogP contribution in [0, 0.1) is 0 Å². The zero-order valence-corrected chi connectivity index (χ0v) is 17.6. The van der Waals surface area contributed by atoms with E-state index in [0.29, 0.717) is 0 Å². The van der Waals surface area contributed by atoms with Crippen LogP contribution in [0.4, 0.5) is 0 Å². The molecule has 0 aromatic heterocycles. The zero-order chi connectivity index (χ0) is 17.5. The molecule has 0 saturated heterocycles. The molecule has 0 amide bonds. The lowest BCUT2D eigenvalue weighted by molar-refractivity contribution is 0.548. The molecule has 0 aliphatic rings. The van der Waals surface area contributed by atoms with Crippen LogP contribution in [0.25, 0.3) is 0 Å². The lowest BCUT2D eigenvalue weighted by Gasteiger charge is -2.18. The Morgan fingerprint density at radius 2 is 1.08 bits per heavy atom. The second-order valence-electron chi connectivity index (χ2n) is 8.19. The summed E-state index contributed by atoms with van der Waals surface area (Å²) in [7, 11) is -0.744. The fourth-order valence-electron chi connectivity index (χ4n) is 3.54. The Bertz CT molecular complexity index is 382. The van der Waals surface area contributed by atoms with Crippen molar-refractivity contribution in [1.29, 1.82) is 0 Å². The molecule has 0 aliphatic heterocycles. The summed E-state index contributed by atoms with van der Waals surface area (Å²) in [5.41, 5.74) is 1.54. The Hall–Kier alpha value is -0.350. The highest BCUT2D eigenvalue weighted by Crippen LogP contribution is 2.54. The molecule has 1 aromatic rings. The minimum Gasteiger partial charge on any atom is -0.0654 e. The molecule has 0 spiro atoms. The first kappa shape index (κ1) is 21.7. The fraction of sp³-hybridized carbons (Fsp3) is 0.739. The van der Waals surface area contributed by atoms with Crippen molar-refractivity contribution in [3.05, 3.63) is 35.9 Å². The van der Waals surface area contributed by atoms with E-state index in [1.807, 2.05) is 0 Å². The summed E-state index contributed by atoms with van der Waals surface area (Å²) in [6.07, 6.45) is 20.2. The van der Waals surface area contributed by atoms with Crippen LogP contribution in [-0.4, -0.2) is 19.5 Å². The van der Waals surface area contributed by atoms with Gasteiger partial charge < -0.3 is 0 Å². The maximum Gasteiger partial charge on any atom is 0.0837 e. The molecule has 1 aromatic carbocycles. The highest BCUT2D eigenvalue weighted by atomic mass is 31.2. The number of benzene rings is 1. The Kier molecular flexibility index (Phi) is 12.6. The van der Waals surface area contributed by atoms with Crippen LogP contribution < -0.4 is 0 Å². The zero-order valence-electron chi connectivity index (χ0n) is 16.7. The van der Waals surface area contributed by atoms with E-state index in [1.54, 1.807) is 0 Å². The van der Waals surface area contributed by atoms with Gasteiger partial charge in [0.2, 0.25) is 0 Å². The Morgan fingerprint density at radius 1 is 0.625 bits per heavy atom. The quantitative estimate of drug-likeness (QED) is 0.221. The Morgan fingerprint density at radius 3 is 1.58 bits per heavy atom. The van der Waals surface area contributed by atoms with E-state index in [1.165, 1.54) is 94.9 Å². The minimum atomic E-state index is -0.744. The largest absolute Gasteiger partial charge is 0.0837 e. The van der Waals surface area contributed by atoms with Crippen molar-refractivity contribution in [2.24, 2.45) is 0 Å². The molecule has 1 rings (SSSR count). The van der Waals surface area contributed by atoms with E-state index in [2.05, 4.69) is 50.6 Å². The predicted octanol–water partition coefficient (Wildman–Crippen LogP) is 8.16. The van der Waals surface area contributed by atoms with E-state index in [4.69, 9.17) is 0 Å². The SMILES string of the molecule is CCCCCCCCCCCCCC[P+](C)(C)Cc1ccccc1. The van der Waals surface area contributed by atoms with Crippen molar-refractivity contribution in [1.82, 2.24) is 0 Å². The first-order valence-corrected chi connectivity index (χ1v) is 13.6. The second-order valence-corrected chi connectivity index (χ2v) is 12.8. The number of unbranched alkanes of at least 4 members (excludes halogenated alkanes) is 11. The molecular weight excluding hydrogens is 307 g/mol. The first-order valence-electron chi connectivity index (χ1n) is 10.5. The van der Waals surface area contributed by atoms with Crippen LogP contribution in [0.3, 0.4) is 0 Å². The van der Waals surface area contributed by atoms with Crippen LogP contribution in [0.5, 0.6) is 0 Å². The van der Waals surface area contributed by atoms with E-state index >= 15 is 0 Å². The predicted molar refractivity (Wildman–Crippen MR) is 115 cm³/mol. The Labute approximate surface area is 153 Å². The van der Waals surface area contributed by atoms with Gasteiger partial charge in [-0.2, -0.15) is 0 Å². The van der Waals surface area contributed by atoms with Gasteiger partial charge in [-0.05, 0) is 18.4 Å². The molecule has 0 heterocycles.